The number of benzene rings is 2. The van der Waals surface area contributed by atoms with E-state index < -0.39 is 0 Å². The minimum atomic E-state index is 0.870. The topological polar surface area (TPSA) is 26.0 Å². The van der Waals surface area contributed by atoms with Gasteiger partial charge in [-0.25, -0.2) is 0 Å². The second kappa shape index (κ2) is 11.0. The first-order valence-corrected chi connectivity index (χ1v) is 9.73. The van der Waals surface area contributed by atoms with Crippen LogP contribution in [-0.2, 0) is 6.42 Å². The maximum absolute atomic E-state index is 5.39. The predicted octanol–water partition coefficient (Wildman–Crippen LogP) is 6.34. The number of rotatable bonds is 8. The highest BCUT2D eigenvalue weighted by molar-refractivity contribution is 5.76. The minimum absolute atomic E-state index is 0.870. The van der Waals surface area contributed by atoms with Crippen molar-refractivity contribution in [2.45, 2.75) is 64.7 Å². The van der Waals surface area contributed by atoms with Gasteiger partial charge in [-0.05, 0) is 41.6 Å². The molecular formula is C23H33N. The first-order valence-electron chi connectivity index (χ1n) is 9.73. The van der Waals surface area contributed by atoms with Crippen LogP contribution in [0, 0.1) is 0 Å². The molecule has 0 aromatic heterocycles. The van der Waals surface area contributed by atoms with Crippen LogP contribution >= 0.6 is 0 Å². The van der Waals surface area contributed by atoms with Gasteiger partial charge in [0.15, 0.2) is 0 Å². The molecule has 1 aliphatic rings. The molecular weight excluding hydrogens is 290 g/mol. The van der Waals surface area contributed by atoms with Gasteiger partial charge in [-0.2, -0.15) is 0 Å². The van der Waals surface area contributed by atoms with Gasteiger partial charge < -0.3 is 5.73 Å². The summed E-state index contributed by atoms with van der Waals surface area (Å²) in [6, 6.07) is 17.3. The Morgan fingerprint density at radius 3 is 1.62 bits per heavy atom. The fraction of sp³-hybridized carbons (Fsp3) is 0.478. The summed E-state index contributed by atoms with van der Waals surface area (Å²) in [6.45, 7) is 3.13. The van der Waals surface area contributed by atoms with Gasteiger partial charge in [-0.1, -0.05) is 100 Å². The Balaban J connectivity index is 0.000000178. The minimum Gasteiger partial charge on any atom is -0.330 e. The molecule has 0 bridgehead atoms. The van der Waals surface area contributed by atoms with E-state index in [1.807, 2.05) is 0 Å². The lowest BCUT2D eigenvalue weighted by Crippen LogP contribution is -1.97. The molecule has 1 nitrogen and oxygen atoms in total. The summed E-state index contributed by atoms with van der Waals surface area (Å²) < 4.78 is 0. The van der Waals surface area contributed by atoms with Crippen molar-refractivity contribution >= 4 is 0 Å². The van der Waals surface area contributed by atoms with Crippen LogP contribution in [0.15, 0.2) is 48.5 Å². The lowest BCUT2D eigenvalue weighted by Gasteiger charge is -1.99. The quantitative estimate of drug-likeness (QED) is 0.481. The lowest BCUT2D eigenvalue weighted by atomic mass is 10.1. The van der Waals surface area contributed by atoms with Gasteiger partial charge in [0.05, 0.1) is 0 Å². The van der Waals surface area contributed by atoms with Gasteiger partial charge in [0.1, 0.15) is 0 Å². The van der Waals surface area contributed by atoms with Crippen molar-refractivity contribution in [2.75, 3.05) is 6.54 Å². The van der Waals surface area contributed by atoms with E-state index in [9.17, 15) is 0 Å². The third-order valence-corrected chi connectivity index (χ3v) is 4.76. The van der Waals surface area contributed by atoms with Crippen molar-refractivity contribution < 1.29 is 0 Å². The molecule has 0 radical (unpaired) electrons. The van der Waals surface area contributed by atoms with Gasteiger partial charge in [0.2, 0.25) is 0 Å². The summed E-state index contributed by atoms with van der Waals surface area (Å²) in [4.78, 5) is 0. The molecule has 24 heavy (non-hydrogen) atoms. The molecule has 1 aliphatic carbocycles. The number of hydrogen-bond acceptors (Lipinski definition) is 1. The summed E-state index contributed by atoms with van der Waals surface area (Å²) >= 11 is 0. The van der Waals surface area contributed by atoms with Gasteiger partial charge in [0, 0.05) is 0 Å². The molecule has 0 amide bonds. The number of unbranched alkanes of at least 4 members (excludes halogenated alkanes) is 7. The van der Waals surface area contributed by atoms with Crippen LogP contribution in [0.4, 0.5) is 0 Å². The van der Waals surface area contributed by atoms with E-state index in [4.69, 9.17) is 5.73 Å². The van der Waals surface area contributed by atoms with E-state index in [1.165, 1.54) is 73.6 Å². The van der Waals surface area contributed by atoms with Crippen LogP contribution < -0.4 is 5.73 Å². The van der Waals surface area contributed by atoms with Crippen LogP contribution in [0.25, 0.3) is 11.1 Å². The number of hydrogen-bond donors (Lipinski definition) is 1. The van der Waals surface area contributed by atoms with Gasteiger partial charge >= 0.3 is 0 Å². The van der Waals surface area contributed by atoms with Crippen molar-refractivity contribution in [3.05, 3.63) is 59.7 Å². The van der Waals surface area contributed by atoms with Gasteiger partial charge in [0.25, 0.3) is 0 Å². The van der Waals surface area contributed by atoms with Crippen LogP contribution in [0.5, 0.6) is 0 Å². The molecule has 2 aromatic carbocycles. The highest BCUT2D eigenvalue weighted by atomic mass is 14.5. The zero-order valence-corrected chi connectivity index (χ0v) is 15.3. The Bertz CT molecular complexity index is 537. The van der Waals surface area contributed by atoms with Crippen molar-refractivity contribution in [3.8, 4) is 11.1 Å². The molecule has 0 aliphatic heterocycles. The first kappa shape index (κ1) is 18.7. The molecule has 0 unspecified atom stereocenters. The van der Waals surface area contributed by atoms with Crippen LogP contribution in [0.1, 0.15) is 69.4 Å². The van der Waals surface area contributed by atoms with Gasteiger partial charge in [-0.3, -0.25) is 0 Å². The largest absolute Gasteiger partial charge is 0.330 e. The average molecular weight is 324 g/mol. The zero-order valence-electron chi connectivity index (χ0n) is 15.3. The summed E-state index contributed by atoms with van der Waals surface area (Å²) in [5, 5.41) is 0. The number of nitrogens with two attached hydrogens (primary N) is 1. The maximum atomic E-state index is 5.39. The fourth-order valence-corrected chi connectivity index (χ4v) is 3.36. The monoisotopic (exact) mass is 323 g/mol. The Morgan fingerprint density at radius 2 is 1.12 bits per heavy atom. The molecule has 0 spiro atoms. The molecule has 1 heteroatoms. The second-order valence-corrected chi connectivity index (χ2v) is 6.75. The lowest BCUT2D eigenvalue weighted by molar-refractivity contribution is 0.578. The van der Waals surface area contributed by atoms with E-state index >= 15 is 0 Å². The summed E-state index contributed by atoms with van der Waals surface area (Å²) in [6.07, 6.45) is 12.1. The van der Waals surface area contributed by atoms with Crippen molar-refractivity contribution in [1.82, 2.24) is 0 Å². The smallest absolute Gasteiger partial charge is 0.00135 e. The van der Waals surface area contributed by atoms with E-state index in [0.717, 1.165) is 13.0 Å². The molecule has 0 saturated heterocycles. The van der Waals surface area contributed by atoms with Crippen LogP contribution in [0.3, 0.4) is 0 Å². The molecule has 0 fully saturated rings. The number of fused-ring (bicyclic) bond motifs is 3. The molecule has 0 atom stereocenters. The Hall–Kier alpha value is -1.60. The fourth-order valence-electron chi connectivity index (χ4n) is 3.36. The molecule has 3 rings (SSSR count). The molecule has 0 heterocycles. The summed E-state index contributed by atoms with van der Waals surface area (Å²) in [5.74, 6) is 0. The standard InChI is InChI=1S/C13H10.C10H23N/c1-3-7-12-10(5-1)9-11-6-2-4-8-13(11)12;1-2-3-4-5-6-7-8-9-10-11/h1-8H,9H2;2-11H2,1H3. The van der Waals surface area contributed by atoms with E-state index in [1.54, 1.807) is 0 Å². The second-order valence-electron chi connectivity index (χ2n) is 6.75. The molecule has 2 aromatic rings. The highest BCUT2D eigenvalue weighted by Gasteiger charge is 2.15. The van der Waals surface area contributed by atoms with Crippen LogP contribution in [-0.4, -0.2) is 6.54 Å². The van der Waals surface area contributed by atoms with E-state index in [0.29, 0.717) is 0 Å². The normalized spacial score (nSPS) is 11.4. The van der Waals surface area contributed by atoms with Gasteiger partial charge in [-0.15, -0.1) is 0 Å². The van der Waals surface area contributed by atoms with Crippen molar-refractivity contribution in [1.29, 1.82) is 0 Å². The van der Waals surface area contributed by atoms with E-state index in [-0.39, 0.29) is 0 Å². The molecule has 130 valence electrons. The average Bonchev–Trinajstić information content (AvgIpc) is 3.00. The zero-order chi connectivity index (χ0) is 17.0. The third-order valence-electron chi connectivity index (χ3n) is 4.76. The Kier molecular flexibility index (Phi) is 8.62. The first-order chi connectivity index (χ1) is 11.9. The molecule has 2 N–H and O–H groups in total. The highest BCUT2D eigenvalue weighted by Crippen LogP contribution is 2.35. The summed E-state index contributed by atoms with van der Waals surface area (Å²) in [5.41, 5.74) is 11.1. The molecule has 0 saturated carbocycles. The Labute approximate surface area is 148 Å². The Morgan fingerprint density at radius 1 is 0.667 bits per heavy atom. The summed E-state index contributed by atoms with van der Waals surface area (Å²) in [7, 11) is 0. The van der Waals surface area contributed by atoms with Crippen molar-refractivity contribution in [2.24, 2.45) is 5.73 Å². The van der Waals surface area contributed by atoms with Crippen molar-refractivity contribution in [3.63, 3.8) is 0 Å². The van der Waals surface area contributed by atoms with Crippen LogP contribution in [0.2, 0.25) is 0 Å². The van der Waals surface area contributed by atoms with E-state index in [2.05, 4.69) is 55.5 Å². The third kappa shape index (κ3) is 5.79. The SMILES string of the molecule is CCCCCCCCCCN.c1ccc2c(c1)Cc1ccccc1-2. The predicted molar refractivity (Wildman–Crippen MR) is 106 cm³/mol. The maximum Gasteiger partial charge on any atom is -0.00135 e.